The number of cyclic esters (lactones) is 2. The SMILES string of the molecule is CN(C)c1cc(C(F)(F)F)cc(-c2cccc(C=C3C(=O)OC(C)(C)OC3=O)c2)n1. The maximum Gasteiger partial charge on any atom is 0.416 e. The Morgan fingerprint density at radius 2 is 1.67 bits per heavy atom. The number of carbonyl (C=O) groups excluding carboxylic acids is 2. The molecule has 0 amide bonds. The van der Waals surface area contributed by atoms with Gasteiger partial charge >= 0.3 is 18.1 Å². The monoisotopic (exact) mass is 420 g/mol. The smallest absolute Gasteiger partial charge is 0.416 e. The average molecular weight is 420 g/mol. The molecule has 1 aromatic heterocycles. The van der Waals surface area contributed by atoms with Gasteiger partial charge in [0.25, 0.3) is 5.79 Å². The normalized spacial score (nSPS) is 16.0. The van der Waals surface area contributed by atoms with Gasteiger partial charge in [0.2, 0.25) is 0 Å². The number of nitrogens with zero attached hydrogens (tertiary/aromatic N) is 2. The van der Waals surface area contributed by atoms with E-state index in [0.29, 0.717) is 11.1 Å². The summed E-state index contributed by atoms with van der Waals surface area (Å²) >= 11 is 0. The lowest BCUT2D eigenvalue weighted by Crippen LogP contribution is -2.41. The molecule has 1 saturated heterocycles. The third-order valence-electron chi connectivity index (χ3n) is 4.21. The van der Waals surface area contributed by atoms with Gasteiger partial charge in [-0.25, -0.2) is 14.6 Å². The lowest BCUT2D eigenvalue weighted by Gasteiger charge is -2.29. The molecule has 30 heavy (non-hydrogen) atoms. The van der Waals surface area contributed by atoms with E-state index in [-0.39, 0.29) is 17.1 Å². The Morgan fingerprint density at radius 3 is 2.23 bits per heavy atom. The summed E-state index contributed by atoms with van der Waals surface area (Å²) in [7, 11) is 3.18. The number of aromatic nitrogens is 1. The lowest BCUT2D eigenvalue weighted by atomic mass is 10.0. The van der Waals surface area contributed by atoms with E-state index >= 15 is 0 Å². The molecular weight excluding hydrogens is 401 g/mol. The van der Waals surface area contributed by atoms with Crippen molar-refractivity contribution < 1.29 is 32.2 Å². The van der Waals surface area contributed by atoms with E-state index < -0.39 is 29.5 Å². The van der Waals surface area contributed by atoms with Crippen LogP contribution in [-0.4, -0.2) is 36.8 Å². The summed E-state index contributed by atoms with van der Waals surface area (Å²) in [6.45, 7) is 2.86. The number of halogens is 3. The number of hydrogen-bond acceptors (Lipinski definition) is 6. The van der Waals surface area contributed by atoms with Crippen LogP contribution in [0.15, 0.2) is 42.0 Å². The maximum absolute atomic E-state index is 13.3. The Hall–Kier alpha value is -3.36. The summed E-state index contributed by atoms with van der Waals surface area (Å²) in [5.41, 5.74) is -0.249. The quantitative estimate of drug-likeness (QED) is 0.424. The number of carbonyl (C=O) groups is 2. The first-order chi connectivity index (χ1) is 13.9. The molecule has 0 saturated carbocycles. The Morgan fingerprint density at radius 1 is 1.03 bits per heavy atom. The minimum atomic E-state index is -4.54. The standard InChI is InChI=1S/C21H19F3N2O4/c1-20(2)29-18(27)15(19(28)30-20)9-12-6-5-7-13(8-12)16-10-14(21(22,23)24)11-17(25-16)26(3)4/h5-11H,1-4H3. The molecule has 0 aliphatic carbocycles. The van der Waals surface area contributed by atoms with Crippen LogP contribution >= 0.6 is 0 Å². The summed E-state index contributed by atoms with van der Waals surface area (Å²) < 4.78 is 50.0. The van der Waals surface area contributed by atoms with Gasteiger partial charge in [0, 0.05) is 33.5 Å². The second kappa shape index (κ2) is 7.47. The number of anilines is 1. The third-order valence-corrected chi connectivity index (χ3v) is 4.21. The molecule has 6 nitrogen and oxygen atoms in total. The first-order valence-electron chi connectivity index (χ1n) is 8.91. The van der Waals surface area contributed by atoms with Gasteiger partial charge in [-0.15, -0.1) is 0 Å². The minimum Gasteiger partial charge on any atom is -0.419 e. The van der Waals surface area contributed by atoms with Crippen molar-refractivity contribution in [2.75, 3.05) is 19.0 Å². The van der Waals surface area contributed by atoms with Crippen molar-refractivity contribution >= 4 is 23.8 Å². The van der Waals surface area contributed by atoms with Crippen molar-refractivity contribution in [3.8, 4) is 11.3 Å². The molecule has 0 radical (unpaired) electrons. The van der Waals surface area contributed by atoms with Gasteiger partial charge in [-0.05, 0) is 29.8 Å². The Labute approximate surface area is 170 Å². The van der Waals surface area contributed by atoms with Crippen LogP contribution in [0.1, 0.15) is 25.0 Å². The highest BCUT2D eigenvalue weighted by Gasteiger charge is 2.38. The molecule has 0 atom stereocenters. The summed E-state index contributed by atoms with van der Waals surface area (Å²) in [6.07, 6.45) is -3.27. The number of benzene rings is 1. The number of hydrogen-bond donors (Lipinski definition) is 0. The van der Waals surface area contributed by atoms with Gasteiger partial charge in [0.05, 0.1) is 11.3 Å². The first-order valence-corrected chi connectivity index (χ1v) is 8.91. The van der Waals surface area contributed by atoms with Gasteiger partial charge in [-0.2, -0.15) is 13.2 Å². The molecule has 1 fully saturated rings. The average Bonchev–Trinajstić information content (AvgIpc) is 2.63. The molecule has 9 heteroatoms. The fourth-order valence-electron chi connectivity index (χ4n) is 2.79. The van der Waals surface area contributed by atoms with E-state index in [0.717, 1.165) is 12.1 Å². The molecule has 1 aliphatic heterocycles. The van der Waals surface area contributed by atoms with E-state index in [1.54, 1.807) is 32.3 Å². The van der Waals surface area contributed by atoms with Crippen molar-refractivity contribution in [2.24, 2.45) is 0 Å². The van der Waals surface area contributed by atoms with Crippen LogP contribution in [0.2, 0.25) is 0 Å². The largest absolute Gasteiger partial charge is 0.419 e. The number of pyridine rings is 1. The van der Waals surface area contributed by atoms with Crippen molar-refractivity contribution in [3.05, 3.63) is 53.1 Å². The van der Waals surface area contributed by atoms with E-state index in [4.69, 9.17) is 9.47 Å². The van der Waals surface area contributed by atoms with Gasteiger partial charge in [-0.3, -0.25) is 0 Å². The van der Waals surface area contributed by atoms with Crippen LogP contribution in [0.25, 0.3) is 17.3 Å². The molecule has 0 N–H and O–H groups in total. The van der Waals surface area contributed by atoms with Crippen molar-refractivity contribution in [1.29, 1.82) is 0 Å². The summed E-state index contributed by atoms with van der Waals surface area (Å²) in [4.78, 5) is 30.0. The minimum absolute atomic E-state index is 0.101. The number of ether oxygens (including phenoxy) is 2. The van der Waals surface area contributed by atoms with Crippen LogP contribution in [0, 0.1) is 0 Å². The lowest BCUT2D eigenvalue weighted by molar-refractivity contribution is -0.222. The molecule has 158 valence electrons. The van der Waals surface area contributed by atoms with Crippen LogP contribution in [0.5, 0.6) is 0 Å². The maximum atomic E-state index is 13.3. The highest BCUT2D eigenvalue weighted by Crippen LogP contribution is 2.34. The van der Waals surface area contributed by atoms with Crippen LogP contribution in [0.3, 0.4) is 0 Å². The van der Waals surface area contributed by atoms with Gasteiger partial charge < -0.3 is 14.4 Å². The van der Waals surface area contributed by atoms with E-state index in [1.165, 1.54) is 30.9 Å². The summed E-state index contributed by atoms with van der Waals surface area (Å²) in [5.74, 6) is -2.90. The Bertz CT molecular complexity index is 1020. The summed E-state index contributed by atoms with van der Waals surface area (Å²) in [6, 6.07) is 8.20. The molecule has 3 rings (SSSR count). The van der Waals surface area contributed by atoms with Crippen LogP contribution < -0.4 is 4.90 Å². The molecular formula is C21H19F3N2O4. The zero-order valence-corrected chi connectivity index (χ0v) is 16.7. The van der Waals surface area contributed by atoms with Crippen LogP contribution in [-0.2, 0) is 25.2 Å². The highest BCUT2D eigenvalue weighted by molar-refractivity contribution is 6.18. The third kappa shape index (κ3) is 4.61. The highest BCUT2D eigenvalue weighted by atomic mass is 19.4. The Kier molecular flexibility index (Phi) is 5.32. The molecule has 2 aromatic rings. The number of esters is 2. The fraction of sp³-hybridized carbons (Fsp3) is 0.286. The molecule has 2 heterocycles. The molecule has 1 aromatic carbocycles. The van der Waals surface area contributed by atoms with Gasteiger partial charge in [0.1, 0.15) is 11.4 Å². The predicted octanol–water partition coefficient (Wildman–Crippen LogP) is 4.05. The molecule has 1 aliphatic rings. The van der Waals surface area contributed by atoms with Gasteiger partial charge in [-0.1, -0.05) is 18.2 Å². The van der Waals surface area contributed by atoms with E-state index in [2.05, 4.69) is 4.98 Å². The van der Waals surface area contributed by atoms with Crippen molar-refractivity contribution in [3.63, 3.8) is 0 Å². The number of rotatable bonds is 3. The predicted molar refractivity (Wildman–Crippen MR) is 103 cm³/mol. The van der Waals surface area contributed by atoms with Crippen LogP contribution in [0.4, 0.5) is 19.0 Å². The van der Waals surface area contributed by atoms with E-state index in [9.17, 15) is 22.8 Å². The topological polar surface area (TPSA) is 68.7 Å². The zero-order chi connectivity index (χ0) is 22.3. The molecule has 0 spiro atoms. The van der Waals surface area contributed by atoms with Gasteiger partial charge in [0.15, 0.2) is 0 Å². The summed E-state index contributed by atoms with van der Waals surface area (Å²) in [5, 5.41) is 0. The zero-order valence-electron chi connectivity index (χ0n) is 16.7. The number of alkyl halides is 3. The molecule has 0 bridgehead atoms. The first kappa shape index (κ1) is 21.4. The fourth-order valence-corrected chi connectivity index (χ4v) is 2.79. The van der Waals surface area contributed by atoms with E-state index in [1.807, 2.05) is 0 Å². The van der Waals surface area contributed by atoms with Crippen molar-refractivity contribution in [1.82, 2.24) is 4.98 Å². The molecule has 0 unspecified atom stereocenters. The second-order valence-corrected chi connectivity index (χ2v) is 7.35. The van der Waals surface area contributed by atoms with Crippen molar-refractivity contribution in [2.45, 2.75) is 25.8 Å². The second-order valence-electron chi connectivity index (χ2n) is 7.35. The Balaban J connectivity index is 2.03.